The first-order chi connectivity index (χ1) is 16.7. The Kier molecular flexibility index (Phi) is 7.28. The summed E-state index contributed by atoms with van der Waals surface area (Å²) >= 11 is 0. The Morgan fingerprint density at radius 3 is 2.57 bits per heavy atom. The van der Waals surface area contributed by atoms with Gasteiger partial charge in [0.05, 0.1) is 25.4 Å². The molecule has 1 amide bonds. The van der Waals surface area contributed by atoms with Gasteiger partial charge in [-0.15, -0.1) is 0 Å². The second-order valence-corrected chi connectivity index (χ2v) is 9.91. The van der Waals surface area contributed by atoms with E-state index in [1.807, 2.05) is 0 Å². The number of hydrogen-bond acceptors (Lipinski definition) is 8. The summed E-state index contributed by atoms with van der Waals surface area (Å²) in [5.41, 5.74) is -0.361. The quantitative estimate of drug-likeness (QED) is 0.559. The normalized spacial score (nSPS) is 19.5. The Hall–Kier alpha value is -3.16. The number of cyclic esters (lactones) is 1. The van der Waals surface area contributed by atoms with Gasteiger partial charge in [-0.3, -0.25) is 9.74 Å². The van der Waals surface area contributed by atoms with E-state index in [2.05, 4.69) is 4.98 Å². The third kappa shape index (κ3) is 5.41. The predicted octanol–water partition coefficient (Wildman–Crippen LogP) is 2.50. The molecule has 0 saturated carbocycles. The number of rotatable bonds is 7. The van der Waals surface area contributed by atoms with E-state index in [1.165, 1.54) is 30.2 Å². The van der Waals surface area contributed by atoms with Crippen molar-refractivity contribution < 1.29 is 36.4 Å². The van der Waals surface area contributed by atoms with E-state index in [0.717, 1.165) is 21.5 Å². The Morgan fingerprint density at radius 1 is 1.17 bits per heavy atom. The van der Waals surface area contributed by atoms with Crippen LogP contribution in [0.15, 0.2) is 41.6 Å². The van der Waals surface area contributed by atoms with Crippen molar-refractivity contribution >= 4 is 33.3 Å². The number of carbonyl (C=O) groups is 2. The lowest BCUT2D eigenvalue weighted by atomic mass is 10.1. The summed E-state index contributed by atoms with van der Waals surface area (Å²) in [5, 5.41) is -0.200. The topological polar surface area (TPSA) is 109 Å². The average Bonchev–Trinajstić information content (AvgIpc) is 3.02. The molecule has 2 fully saturated rings. The van der Waals surface area contributed by atoms with Crippen molar-refractivity contribution in [2.24, 2.45) is 0 Å². The van der Waals surface area contributed by atoms with Crippen molar-refractivity contribution in [3.63, 3.8) is 0 Å². The summed E-state index contributed by atoms with van der Waals surface area (Å²) in [6, 6.07) is 6.49. The number of hydrogen-bond donors (Lipinski definition) is 0. The molecule has 0 bridgehead atoms. The van der Waals surface area contributed by atoms with E-state index in [1.54, 1.807) is 6.07 Å². The summed E-state index contributed by atoms with van der Waals surface area (Å²) < 4.78 is 61.6. The first-order valence-corrected chi connectivity index (χ1v) is 12.4. The highest BCUT2D eigenvalue weighted by Gasteiger charge is 2.34. The van der Waals surface area contributed by atoms with Crippen molar-refractivity contribution in [3.8, 4) is 0 Å². The summed E-state index contributed by atoms with van der Waals surface area (Å²) in [6.45, 7) is 1.17. The third-order valence-electron chi connectivity index (χ3n) is 5.64. The van der Waals surface area contributed by atoms with Gasteiger partial charge in [0.25, 0.3) is 10.0 Å². The molecule has 2 aliphatic heterocycles. The summed E-state index contributed by atoms with van der Waals surface area (Å²) in [5.74, 6) is -1.88. The Bertz CT molecular complexity index is 1190. The monoisotopic (exact) mass is 510 g/mol. The van der Waals surface area contributed by atoms with Gasteiger partial charge in [0.15, 0.2) is 16.7 Å². The highest BCUT2D eigenvalue weighted by Crippen LogP contribution is 2.32. The minimum atomic E-state index is -4.04. The minimum absolute atomic E-state index is 0.00972. The van der Waals surface area contributed by atoms with Crippen LogP contribution in [0.25, 0.3) is 0 Å². The standard InChI is InChI=1S/C22H24F2N4O6S/c1-15(29)5-6-17-14-27(22(30)34-17)16-12-18(23)21(19(24)13-16)26-8-9-28(33-11-10-26)35(31,32)20-4-2-3-7-25-20/h2-4,7,12-13,17H,5-6,8-11,14H2,1H3/t17-/m0/s1. The first kappa shape index (κ1) is 24.9. The molecule has 188 valence electrons. The number of ketones is 1. The highest BCUT2D eigenvalue weighted by molar-refractivity contribution is 7.88. The number of benzene rings is 1. The largest absolute Gasteiger partial charge is 0.444 e. The van der Waals surface area contributed by atoms with Crippen LogP contribution in [0.5, 0.6) is 0 Å². The zero-order valence-corrected chi connectivity index (χ0v) is 19.7. The van der Waals surface area contributed by atoms with Crippen molar-refractivity contribution in [2.45, 2.75) is 30.9 Å². The van der Waals surface area contributed by atoms with Crippen LogP contribution in [0.2, 0.25) is 0 Å². The second-order valence-electron chi connectivity index (χ2n) is 8.13. The van der Waals surface area contributed by atoms with Crippen LogP contribution < -0.4 is 9.80 Å². The number of sulfonamides is 1. The fourth-order valence-electron chi connectivity index (χ4n) is 3.91. The maximum Gasteiger partial charge on any atom is 0.414 e. The molecule has 4 rings (SSSR count). The molecule has 2 aromatic rings. The number of pyridine rings is 1. The molecule has 13 heteroatoms. The number of nitrogens with zero attached hydrogens (tertiary/aromatic N) is 4. The molecular weight excluding hydrogens is 486 g/mol. The van der Waals surface area contributed by atoms with Gasteiger partial charge in [-0.1, -0.05) is 10.5 Å². The number of hydroxylamine groups is 1. The molecule has 2 saturated heterocycles. The first-order valence-electron chi connectivity index (χ1n) is 10.9. The smallest absolute Gasteiger partial charge is 0.414 e. The molecule has 35 heavy (non-hydrogen) atoms. The number of halogens is 2. The molecule has 0 radical (unpaired) electrons. The molecule has 1 atom stereocenters. The van der Waals surface area contributed by atoms with E-state index < -0.39 is 33.9 Å². The van der Waals surface area contributed by atoms with E-state index in [9.17, 15) is 18.0 Å². The number of carbonyl (C=O) groups excluding carboxylic acids is 2. The van der Waals surface area contributed by atoms with Crippen LogP contribution in [0.3, 0.4) is 0 Å². The SMILES string of the molecule is CC(=O)CC[C@H]1CN(c2cc(F)c(N3CCON(S(=O)(=O)c4ccccn4)CC3)c(F)c2)C(=O)O1. The molecule has 0 spiro atoms. The predicted molar refractivity (Wildman–Crippen MR) is 120 cm³/mol. The lowest BCUT2D eigenvalue weighted by molar-refractivity contribution is -0.117. The molecule has 3 heterocycles. The van der Waals surface area contributed by atoms with Crippen LogP contribution >= 0.6 is 0 Å². The van der Waals surface area contributed by atoms with Gasteiger partial charge in [-0.05, 0) is 25.5 Å². The van der Waals surface area contributed by atoms with Gasteiger partial charge in [-0.2, -0.15) is 0 Å². The van der Waals surface area contributed by atoms with Crippen molar-refractivity contribution in [1.29, 1.82) is 0 Å². The molecule has 10 nitrogen and oxygen atoms in total. The van der Waals surface area contributed by atoms with Gasteiger partial charge in [-0.25, -0.2) is 27.0 Å². The molecule has 0 N–H and O–H groups in total. The van der Waals surface area contributed by atoms with Gasteiger partial charge in [0.2, 0.25) is 0 Å². The minimum Gasteiger partial charge on any atom is -0.444 e. The zero-order chi connectivity index (χ0) is 25.2. The van der Waals surface area contributed by atoms with Crippen LogP contribution in [0, 0.1) is 11.6 Å². The van der Waals surface area contributed by atoms with Gasteiger partial charge in [0, 0.05) is 37.8 Å². The number of amides is 1. The zero-order valence-electron chi connectivity index (χ0n) is 18.9. The van der Waals surface area contributed by atoms with E-state index in [0.29, 0.717) is 6.42 Å². The molecule has 0 unspecified atom stereocenters. The average molecular weight is 511 g/mol. The maximum atomic E-state index is 15.1. The van der Waals surface area contributed by atoms with E-state index in [4.69, 9.17) is 9.57 Å². The second kappa shape index (κ2) is 10.2. The molecule has 1 aromatic carbocycles. The maximum absolute atomic E-state index is 15.1. The fourth-order valence-corrected chi connectivity index (χ4v) is 5.09. The Labute approximate surface area is 201 Å². The van der Waals surface area contributed by atoms with Crippen molar-refractivity contribution in [1.82, 2.24) is 9.45 Å². The number of anilines is 2. The fraction of sp³-hybridized carbons (Fsp3) is 0.409. The lowest BCUT2D eigenvalue weighted by Crippen LogP contribution is -2.35. The van der Waals surface area contributed by atoms with Crippen molar-refractivity contribution in [3.05, 3.63) is 48.2 Å². The number of ether oxygens (including phenoxy) is 1. The lowest BCUT2D eigenvalue weighted by Gasteiger charge is -2.24. The summed E-state index contributed by atoms with van der Waals surface area (Å²) in [7, 11) is -4.04. The summed E-state index contributed by atoms with van der Waals surface area (Å²) in [4.78, 5) is 35.0. The number of Topliss-reactive ketones (excluding diaryl/α,β-unsaturated/α-hetero) is 1. The van der Waals surface area contributed by atoms with Crippen LogP contribution in [0.1, 0.15) is 19.8 Å². The third-order valence-corrected chi connectivity index (χ3v) is 7.24. The molecule has 1 aromatic heterocycles. The highest BCUT2D eigenvalue weighted by atomic mass is 32.2. The van der Waals surface area contributed by atoms with Gasteiger partial charge in [0.1, 0.15) is 17.6 Å². The van der Waals surface area contributed by atoms with Crippen LogP contribution in [0.4, 0.5) is 25.0 Å². The van der Waals surface area contributed by atoms with Crippen molar-refractivity contribution in [2.75, 3.05) is 42.6 Å². The molecule has 2 aliphatic rings. The molecular formula is C22H24F2N4O6S. The van der Waals surface area contributed by atoms with E-state index in [-0.39, 0.29) is 61.4 Å². The Morgan fingerprint density at radius 2 is 1.91 bits per heavy atom. The van der Waals surface area contributed by atoms with Gasteiger partial charge < -0.3 is 14.4 Å². The number of aromatic nitrogens is 1. The van der Waals surface area contributed by atoms with Crippen LogP contribution in [-0.4, -0.2) is 68.6 Å². The van der Waals surface area contributed by atoms with Crippen LogP contribution in [-0.2, 0) is 24.4 Å². The van der Waals surface area contributed by atoms with Gasteiger partial charge >= 0.3 is 6.09 Å². The summed E-state index contributed by atoms with van der Waals surface area (Å²) in [6.07, 6.45) is 0.602. The van der Waals surface area contributed by atoms with E-state index >= 15 is 8.78 Å². The molecule has 0 aliphatic carbocycles. The Balaban J connectivity index is 1.48.